The lowest BCUT2D eigenvalue weighted by atomic mass is 9.83. The fourth-order valence-corrected chi connectivity index (χ4v) is 3.27. The highest BCUT2D eigenvalue weighted by Gasteiger charge is 2.20. The lowest BCUT2D eigenvalue weighted by molar-refractivity contribution is 0.319. The van der Waals surface area contributed by atoms with Gasteiger partial charge in [0, 0.05) is 17.1 Å². The quantitative estimate of drug-likeness (QED) is 0.855. The van der Waals surface area contributed by atoms with E-state index in [1.165, 1.54) is 49.6 Å². The van der Waals surface area contributed by atoms with Gasteiger partial charge in [-0.3, -0.25) is 5.10 Å². The zero-order chi connectivity index (χ0) is 13.1. The number of hydrogen-bond donors (Lipinski definition) is 2. The first-order valence-electron chi connectivity index (χ1n) is 7.55. The second kappa shape index (κ2) is 5.64. The molecule has 1 aromatic carbocycles. The van der Waals surface area contributed by atoms with Crippen LogP contribution >= 0.6 is 0 Å². The molecule has 1 aliphatic rings. The normalized spacial score (nSPS) is 23.6. The molecule has 3 heteroatoms. The minimum absolute atomic E-state index is 0.647. The van der Waals surface area contributed by atoms with Crippen LogP contribution in [0.15, 0.2) is 24.4 Å². The molecule has 0 spiro atoms. The summed E-state index contributed by atoms with van der Waals surface area (Å²) in [6.07, 6.45) is 10.0. The number of hydrogen-bond acceptors (Lipinski definition) is 2. The first kappa shape index (κ1) is 12.5. The lowest BCUT2D eigenvalue weighted by Crippen LogP contribution is -2.26. The Bertz CT molecular complexity index is 524. The van der Waals surface area contributed by atoms with E-state index in [9.17, 15) is 0 Å². The smallest absolute Gasteiger partial charge is 0.0670 e. The van der Waals surface area contributed by atoms with Crippen molar-refractivity contribution in [1.82, 2.24) is 10.2 Å². The maximum atomic E-state index is 4.07. The molecular formula is C16H23N3. The van der Waals surface area contributed by atoms with Gasteiger partial charge < -0.3 is 5.32 Å². The molecule has 3 nitrogen and oxygen atoms in total. The van der Waals surface area contributed by atoms with Gasteiger partial charge in [0.15, 0.2) is 0 Å². The predicted octanol–water partition coefficient (Wildman–Crippen LogP) is 4.33. The van der Waals surface area contributed by atoms with E-state index in [0.717, 1.165) is 11.4 Å². The number of rotatable bonds is 4. The Labute approximate surface area is 114 Å². The number of nitrogens with zero attached hydrogens (tertiary/aromatic N) is 1. The average Bonchev–Trinajstić information content (AvgIpc) is 2.89. The molecule has 1 saturated carbocycles. The third-order valence-corrected chi connectivity index (χ3v) is 4.36. The number of fused-ring (bicyclic) bond motifs is 1. The molecule has 0 radical (unpaired) electrons. The minimum Gasteiger partial charge on any atom is -0.382 e. The number of anilines is 1. The molecule has 2 N–H and O–H groups in total. The van der Waals surface area contributed by atoms with Crippen LogP contribution in [-0.4, -0.2) is 16.2 Å². The highest BCUT2D eigenvalue weighted by atomic mass is 15.1. The van der Waals surface area contributed by atoms with E-state index in [2.05, 4.69) is 40.6 Å². The second-order valence-electron chi connectivity index (χ2n) is 5.82. The van der Waals surface area contributed by atoms with E-state index in [-0.39, 0.29) is 0 Å². The summed E-state index contributed by atoms with van der Waals surface area (Å²) in [6.45, 7) is 2.30. The standard InChI is InChI=1S/C16H23N3/c1-2-3-12-4-7-14(8-5-12)18-15-9-6-13-11-17-19-16(13)10-15/h6,9-12,14,18H,2-5,7-8H2,1H3,(H,17,19). The van der Waals surface area contributed by atoms with Gasteiger partial charge in [0.2, 0.25) is 0 Å². The molecule has 0 unspecified atom stereocenters. The number of nitrogens with one attached hydrogen (secondary N) is 2. The topological polar surface area (TPSA) is 40.7 Å². The van der Waals surface area contributed by atoms with Crippen LogP contribution in [0.25, 0.3) is 10.9 Å². The number of benzene rings is 1. The number of aromatic nitrogens is 2. The third-order valence-electron chi connectivity index (χ3n) is 4.36. The molecule has 3 rings (SSSR count). The van der Waals surface area contributed by atoms with Crippen molar-refractivity contribution in [2.45, 2.75) is 51.5 Å². The number of aromatic amines is 1. The molecule has 102 valence electrons. The van der Waals surface area contributed by atoms with Crippen LogP contribution in [-0.2, 0) is 0 Å². The molecule has 0 atom stereocenters. The molecular weight excluding hydrogens is 234 g/mol. The van der Waals surface area contributed by atoms with Gasteiger partial charge in [-0.05, 0) is 49.8 Å². The van der Waals surface area contributed by atoms with Gasteiger partial charge in [0.25, 0.3) is 0 Å². The largest absolute Gasteiger partial charge is 0.382 e. The van der Waals surface area contributed by atoms with Gasteiger partial charge >= 0.3 is 0 Å². The first-order valence-corrected chi connectivity index (χ1v) is 7.55. The Morgan fingerprint density at radius 3 is 2.89 bits per heavy atom. The third kappa shape index (κ3) is 2.91. The molecule has 2 aromatic rings. The molecule has 0 saturated heterocycles. The van der Waals surface area contributed by atoms with E-state index >= 15 is 0 Å². The lowest BCUT2D eigenvalue weighted by Gasteiger charge is -2.29. The summed E-state index contributed by atoms with van der Waals surface area (Å²) < 4.78 is 0. The van der Waals surface area contributed by atoms with Crippen molar-refractivity contribution in [3.05, 3.63) is 24.4 Å². The highest BCUT2D eigenvalue weighted by molar-refractivity contribution is 5.81. The molecule has 1 fully saturated rings. The van der Waals surface area contributed by atoms with Crippen molar-refractivity contribution in [2.24, 2.45) is 5.92 Å². The van der Waals surface area contributed by atoms with Crippen molar-refractivity contribution in [3.63, 3.8) is 0 Å². The summed E-state index contributed by atoms with van der Waals surface area (Å²) in [6, 6.07) is 7.11. The van der Waals surface area contributed by atoms with E-state index in [4.69, 9.17) is 0 Å². The maximum absolute atomic E-state index is 4.07. The van der Waals surface area contributed by atoms with E-state index < -0.39 is 0 Å². The predicted molar refractivity (Wildman–Crippen MR) is 80.4 cm³/mol. The van der Waals surface area contributed by atoms with Crippen LogP contribution in [0.5, 0.6) is 0 Å². The first-order chi connectivity index (χ1) is 9.35. The minimum atomic E-state index is 0.647. The van der Waals surface area contributed by atoms with Crippen molar-refractivity contribution >= 4 is 16.6 Å². The molecule has 0 amide bonds. The van der Waals surface area contributed by atoms with Crippen LogP contribution in [0.3, 0.4) is 0 Å². The molecule has 0 bridgehead atoms. The molecule has 1 aromatic heterocycles. The van der Waals surface area contributed by atoms with Gasteiger partial charge in [-0.15, -0.1) is 0 Å². The highest BCUT2D eigenvalue weighted by Crippen LogP contribution is 2.29. The van der Waals surface area contributed by atoms with Gasteiger partial charge in [0.05, 0.1) is 11.7 Å². The van der Waals surface area contributed by atoms with Crippen LogP contribution in [0.4, 0.5) is 5.69 Å². The Morgan fingerprint density at radius 2 is 2.11 bits per heavy atom. The summed E-state index contributed by atoms with van der Waals surface area (Å²) in [5.41, 5.74) is 2.33. The summed E-state index contributed by atoms with van der Waals surface area (Å²) in [4.78, 5) is 0. The molecule has 0 aliphatic heterocycles. The van der Waals surface area contributed by atoms with Crippen molar-refractivity contribution in [1.29, 1.82) is 0 Å². The Balaban J connectivity index is 1.59. The van der Waals surface area contributed by atoms with Crippen molar-refractivity contribution in [2.75, 3.05) is 5.32 Å². The molecule has 1 aliphatic carbocycles. The van der Waals surface area contributed by atoms with Crippen LogP contribution < -0.4 is 5.32 Å². The van der Waals surface area contributed by atoms with Gasteiger partial charge in [-0.25, -0.2) is 0 Å². The van der Waals surface area contributed by atoms with Gasteiger partial charge in [0.1, 0.15) is 0 Å². The summed E-state index contributed by atoms with van der Waals surface area (Å²) in [7, 11) is 0. The number of H-pyrrole nitrogens is 1. The monoisotopic (exact) mass is 257 g/mol. The average molecular weight is 257 g/mol. The Morgan fingerprint density at radius 1 is 1.26 bits per heavy atom. The van der Waals surface area contributed by atoms with E-state index in [1.807, 2.05) is 6.20 Å². The Hall–Kier alpha value is -1.51. The fourth-order valence-electron chi connectivity index (χ4n) is 3.27. The SMILES string of the molecule is CCCC1CCC(Nc2ccc3cn[nH]c3c2)CC1. The summed E-state index contributed by atoms with van der Waals surface area (Å²) >= 11 is 0. The van der Waals surface area contributed by atoms with Gasteiger partial charge in [-0.2, -0.15) is 5.10 Å². The van der Waals surface area contributed by atoms with E-state index in [1.54, 1.807) is 0 Å². The van der Waals surface area contributed by atoms with Crippen molar-refractivity contribution < 1.29 is 0 Å². The Kier molecular flexibility index (Phi) is 3.72. The van der Waals surface area contributed by atoms with Crippen LogP contribution in [0.2, 0.25) is 0 Å². The molecule has 19 heavy (non-hydrogen) atoms. The second-order valence-corrected chi connectivity index (χ2v) is 5.82. The zero-order valence-corrected chi connectivity index (χ0v) is 11.7. The summed E-state index contributed by atoms with van der Waals surface area (Å²) in [5.74, 6) is 0.970. The van der Waals surface area contributed by atoms with Crippen LogP contribution in [0.1, 0.15) is 45.4 Å². The van der Waals surface area contributed by atoms with Gasteiger partial charge in [-0.1, -0.05) is 19.8 Å². The summed E-state index contributed by atoms with van der Waals surface area (Å²) in [5, 5.41) is 12.0. The zero-order valence-electron chi connectivity index (χ0n) is 11.7. The fraction of sp³-hybridized carbons (Fsp3) is 0.562. The molecule has 1 heterocycles. The van der Waals surface area contributed by atoms with E-state index in [0.29, 0.717) is 6.04 Å². The maximum Gasteiger partial charge on any atom is 0.0670 e. The van der Waals surface area contributed by atoms with Crippen molar-refractivity contribution in [3.8, 4) is 0 Å². The van der Waals surface area contributed by atoms with Crippen LogP contribution in [0, 0.1) is 5.92 Å².